The van der Waals surface area contributed by atoms with Crippen molar-refractivity contribution in [1.29, 1.82) is 0 Å². The van der Waals surface area contributed by atoms with Gasteiger partial charge in [-0.2, -0.15) is 0 Å². The number of benzene rings is 1. The molecule has 0 aromatic heterocycles. The molecule has 3 heterocycles. The van der Waals surface area contributed by atoms with E-state index in [0.29, 0.717) is 11.5 Å². The van der Waals surface area contributed by atoms with E-state index in [2.05, 4.69) is 4.90 Å². The molecule has 1 aromatic carbocycles. The quantitative estimate of drug-likeness (QED) is 0.477. The van der Waals surface area contributed by atoms with Gasteiger partial charge in [0, 0.05) is 12.1 Å². The van der Waals surface area contributed by atoms with E-state index in [-0.39, 0.29) is 18.3 Å². The van der Waals surface area contributed by atoms with Crippen LogP contribution >= 0.6 is 0 Å². The fourth-order valence-corrected chi connectivity index (χ4v) is 3.11. The Morgan fingerprint density at radius 2 is 1.85 bits per heavy atom. The number of carbonyl (C=O) groups excluding carboxylic acids is 2. The van der Waals surface area contributed by atoms with E-state index in [1.54, 1.807) is 24.3 Å². The van der Waals surface area contributed by atoms with Crippen LogP contribution in [0.15, 0.2) is 30.3 Å². The molecule has 3 saturated heterocycles. The molecule has 0 radical (unpaired) electrons. The van der Waals surface area contributed by atoms with Crippen molar-refractivity contribution in [2.45, 2.75) is 25.4 Å². The molecule has 0 aliphatic carbocycles. The third-order valence-corrected chi connectivity index (χ3v) is 4.28. The summed E-state index contributed by atoms with van der Waals surface area (Å²) in [4.78, 5) is 26.2. The number of hydrogen-bond donors (Lipinski definition) is 0. The van der Waals surface area contributed by atoms with Crippen LogP contribution in [0.25, 0.3) is 0 Å². The summed E-state index contributed by atoms with van der Waals surface area (Å²) in [5.74, 6) is -0.0785. The van der Waals surface area contributed by atoms with Gasteiger partial charge in [0.05, 0.1) is 0 Å². The van der Waals surface area contributed by atoms with E-state index < -0.39 is 5.97 Å². The summed E-state index contributed by atoms with van der Waals surface area (Å²) in [6, 6.07) is 8.90. The lowest BCUT2D eigenvalue weighted by Crippen LogP contribution is -2.52. The smallest absolute Gasteiger partial charge is 0.314 e. The Balaban J connectivity index is 1.54. The lowest BCUT2D eigenvalue weighted by molar-refractivity contribution is -0.157. The fraction of sp³-hybridized carbons (Fsp3) is 0.500. The van der Waals surface area contributed by atoms with Crippen LogP contribution in [0.2, 0.25) is 0 Å². The minimum atomic E-state index is -0.391. The van der Waals surface area contributed by atoms with Gasteiger partial charge in [0.1, 0.15) is 12.5 Å². The minimum Gasteiger partial charge on any atom is -0.460 e. The number of piperidine rings is 3. The van der Waals surface area contributed by atoms with Gasteiger partial charge in [0.15, 0.2) is 5.78 Å². The highest BCUT2D eigenvalue weighted by molar-refractivity contribution is 6.05. The fourth-order valence-electron chi connectivity index (χ4n) is 3.11. The summed E-state index contributed by atoms with van der Waals surface area (Å²) in [7, 11) is 0. The lowest BCUT2D eigenvalue weighted by atomic mass is 9.86. The highest BCUT2D eigenvalue weighted by Crippen LogP contribution is 2.29. The molecule has 3 fully saturated rings. The van der Waals surface area contributed by atoms with Crippen LogP contribution in [-0.4, -0.2) is 42.4 Å². The zero-order valence-corrected chi connectivity index (χ0v) is 11.5. The Morgan fingerprint density at radius 3 is 2.45 bits per heavy atom. The number of nitrogens with zero attached hydrogens (tertiary/aromatic N) is 1. The third kappa shape index (κ3) is 2.90. The number of ether oxygens (including phenoxy) is 1. The van der Waals surface area contributed by atoms with Crippen molar-refractivity contribution in [1.82, 2.24) is 4.90 Å². The first-order valence-electron chi connectivity index (χ1n) is 7.22. The molecule has 0 saturated carbocycles. The first-order chi connectivity index (χ1) is 9.72. The number of esters is 1. The van der Waals surface area contributed by atoms with Crippen LogP contribution in [0, 0.1) is 5.92 Å². The van der Waals surface area contributed by atoms with E-state index in [4.69, 9.17) is 4.74 Å². The Kier molecular flexibility index (Phi) is 3.83. The zero-order chi connectivity index (χ0) is 13.9. The number of fused-ring (bicyclic) bond motifs is 3. The van der Waals surface area contributed by atoms with Crippen molar-refractivity contribution in [2.75, 3.05) is 19.6 Å². The van der Waals surface area contributed by atoms with Gasteiger partial charge in [-0.05, 0) is 31.8 Å². The highest BCUT2D eigenvalue weighted by atomic mass is 16.5. The van der Waals surface area contributed by atoms with Gasteiger partial charge in [-0.15, -0.1) is 0 Å². The number of carbonyl (C=O) groups is 2. The van der Waals surface area contributed by atoms with Crippen LogP contribution in [0.5, 0.6) is 0 Å². The minimum absolute atomic E-state index is 0.0198. The van der Waals surface area contributed by atoms with Gasteiger partial charge >= 0.3 is 5.97 Å². The molecule has 4 nitrogen and oxygen atoms in total. The molecule has 106 valence electrons. The standard InChI is InChI=1S/C16H19NO3/c18-14(12-4-2-1-3-5-12)10-16(19)20-15-11-17-8-6-13(15)7-9-17/h1-5,13,15H,6-11H2/t15-/m0/s1. The first-order valence-corrected chi connectivity index (χ1v) is 7.22. The molecule has 0 amide bonds. The summed E-state index contributed by atoms with van der Waals surface area (Å²) in [5, 5.41) is 0. The molecular formula is C16H19NO3. The average molecular weight is 273 g/mol. The van der Waals surface area contributed by atoms with Crippen LogP contribution in [0.4, 0.5) is 0 Å². The first kappa shape index (κ1) is 13.3. The Morgan fingerprint density at radius 1 is 1.15 bits per heavy atom. The van der Waals surface area contributed by atoms with Crippen LogP contribution in [0.1, 0.15) is 29.6 Å². The van der Waals surface area contributed by atoms with Gasteiger partial charge in [0.2, 0.25) is 0 Å². The normalized spacial score (nSPS) is 28.1. The van der Waals surface area contributed by atoms with E-state index in [1.165, 1.54) is 0 Å². The lowest BCUT2D eigenvalue weighted by Gasteiger charge is -2.43. The maximum Gasteiger partial charge on any atom is 0.314 e. The van der Waals surface area contributed by atoms with Gasteiger partial charge in [-0.25, -0.2) is 0 Å². The van der Waals surface area contributed by atoms with Crippen molar-refractivity contribution < 1.29 is 14.3 Å². The Labute approximate surface area is 118 Å². The maximum absolute atomic E-state index is 11.9. The van der Waals surface area contributed by atoms with Crippen molar-refractivity contribution in [3.05, 3.63) is 35.9 Å². The molecule has 2 bridgehead atoms. The molecule has 4 rings (SSSR count). The molecular weight excluding hydrogens is 254 g/mol. The van der Waals surface area contributed by atoms with Gasteiger partial charge in [-0.3, -0.25) is 14.5 Å². The van der Waals surface area contributed by atoms with Crippen LogP contribution in [0.3, 0.4) is 0 Å². The SMILES string of the molecule is O=C(CC(=O)c1ccccc1)O[C@H]1CN2CCC1CC2. The highest BCUT2D eigenvalue weighted by Gasteiger charge is 2.36. The second-order valence-electron chi connectivity index (χ2n) is 5.63. The average Bonchev–Trinajstić information content (AvgIpc) is 2.49. The second-order valence-corrected chi connectivity index (χ2v) is 5.63. The van der Waals surface area contributed by atoms with Gasteiger partial charge in [0.25, 0.3) is 0 Å². The molecule has 3 aliphatic rings. The predicted molar refractivity (Wildman–Crippen MR) is 74.4 cm³/mol. The second kappa shape index (κ2) is 5.75. The largest absolute Gasteiger partial charge is 0.460 e. The number of hydrogen-bond acceptors (Lipinski definition) is 4. The van der Waals surface area contributed by atoms with Crippen molar-refractivity contribution in [2.24, 2.45) is 5.92 Å². The molecule has 0 unspecified atom stereocenters. The topological polar surface area (TPSA) is 46.6 Å². The molecule has 0 spiro atoms. The predicted octanol–water partition coefficient (Wildman–Crippen LogP) is 1.90. The third-order valence-electron chi connectivity index (χ3n) is 4.28. The van der Waals surface area contributed by atoms with Gasteiger partial charge < -0.3 is 4.74 Å². The number of ketones is 1. The Hall–Kier alpha value is -1.68. The van der Waals surface area contributed by atoms with Crippen LogP contribution < -0.4 is 0 Å². The monoisotopic (exact) mass is 273 g/mol. The summed E-state index contributed by atoms with van der Waals surface area (Å²) < 4.78 is 5.52. The van der Waals surface area contributed by atoms with Crippen molar-refractivity contribution in [3.8, 4) is 0 Å². The number of Topliss-reactive ketones (excluding diaryl/α,β-unsaturated/α-hetero) is 1. The summed E-state index contributed by atoms with van der Waals surface area (Å²) in [6.45, 7) is 3.05. The summed E-state index contributed by atoms with van der Waals surface area (Å²) in [5.41, 5.74) is 0.568. The van der Waals surface area contributed by atoms with E-state index in [0.717, 1.165) is 32.5 Å². The van der Waals surface area contributed by atoms with Crippen molar-refractivity contribution in [3.63, 3.8) is 0 Å². The van der Waals surface area contributed by atoms with Crippen LogP contribution in [-0.2, 0) is 9.53 Å². The molecule has 3 aliphatic heterocycles. The molecule has 1 aromatic rings. The maximum atomic E-state index is 11.9. The summed E-state index contributed by atoms with van der Waals surface area (Å²) in [6.07, 6.45) is 2.02. The molecule has 0 N–H and O–H groups in total. The van der Waals surface area contributed by atoms with Gasteiger partial charge in [-0.1, -0.05) is 30.3 Å². The van der Waals surface area contributed by atoms with Crippen molar-refractivity contribution >= 4 is 11.8 Å². The summed E-state index contributed by atoms with van der Waals surface area (Å²) >= 11 is 0. The molecule has 20 heavy (non-hydrogen) atoms. The zero-order valence-electron chi connectivity index (χ0n) is 11.5. The number of rotatable bonds is 4. The molecule has 1 atom stereocenters. The van der Waals surface area contributed by atoms with E-state index in [9.17, 15) is 9.59 Å². The molecule has 4 heteroatoms. The Bertz CT molecular complexity index is 492. The van der Waals surface area contributed by atoms with E-state index in [1.807, 2.05) is 6.07 Å². The van der Waals surface area contributed by atoms with E-state index >= 15 is 0 Å².